The molecule has 0 spiro atoms. The average Bonchev–Trinajstić information content (AvgIpc) is 2.52. The van der Waals surface area contributed by atoms with Crippen molar-refractivity contribution in [2.45, 2.75) is 23.0 Å². The van der Waals surface area contributed by atoms with Crippen molar-refractivity contribution in [2.75, 3.05) is 6.54 Å². The van der Waals surface area contributed by atoms with E-state index in [-0.39, 0.29) is 17.3 Å². The Bertz CT molecular complexity index is 631. The molecule has 0 N–H and O–H groups in total. The standard InChI is InChI=1S/C17H17NO3S/c1-13(19)17(22-15-10-6-3-7-11-15)16(12-18(20)21)14-8-4-2-5-9-14/h2-11,16-17H,12H2,1H3/t16-,17+/m0/s1. The van der Waals surface area contributed by atoms with E-state index in [0.29, 0.717) is 0 Å². The molecule has 2 rings (SSSR count). The molecule has 2 aromatic rings. The molecule has 0 radical (unpaired) electrons. The third-order valence-corrected chi connectivity index (χ3v) is 4.80. The Balaban J connectivity index is 2.32. The first-order valence-corrected chi connectivity index (χ1v) is 7.85. The van der Waals surface area contributed by atoms with E-state index in [1.54, 1.807) is 0 Å². The highest BCUT2D eigenvalue weighted by Gasteiger charge is 2.32. The van der Waals surface area contributed by atoms with E-state index in [0.717, 1.165) is 10.5 Å². The Hall–Kier alpha value is -2.14. The van der Waals surface area contributed by atoms with Crippen molar-refractivity contribution in [1.29, 1.82) is 0 Å². The Morgan fingerprint density at radius 1 is 1.09 bits per heavy atom. The second kappa shape index (κ2) is 7.75. The van der Waals surface area contributed by atoms with E-state index < -0.39 is 11.2 Å². The van der Waals surface area contributed by atoms with Gasteiger partial charge in [0.2, 0.25) is 6.54 Å². The molecule has 5 heteroatoms. The number of Topliss-reactive ketones (excluding diaryl/α,β-unsaturated/α-hetero) is 1. The molecule has 4 nitrogen and oxygen atoms in total. The molecule has 2 aromatic carbocycles. The van der Waals surface area contributed by atoms with Crippen LogP contribution in [0, 0.1) is 10.1 Å². The zero-order valence-electron chi connectivity index (χ0n) is 12.2. The predicted octanol–water partition coefficient (Wildman–Crippen LogP) is 3.80. The molecule has 0 unspecified atom stereocenters. The van der Waals surface area contributed by atoms with Crippen LogP contribution in [0.25, 0.3) is 0 Å². The van der Waals surface area contributed by atoms with Crippen LogP contribution in [0.4, 0.5) is 0 Å². The highest BCUT2D eigenvalue weighted by molar-refractivity contribution is 8.00. The van der Waals surface area contributed by atoms with E-state index in [9.17, 15) is 14.9 Å². The topological polar surface area (TPSA) is 60.2 Å². The minimum absolute atomic E-state index is 0.0513. The number of benzene rings is 2. The lowest BCUT2D eigenvalue weighted by Gasteiger charge is -2.22. The van der Waals surface area contributed by atoms with Crippen molar-refractivity contribution >= 4 is 17.5 Å². The van der Waals surface area contributed by atoms with Crippen molar-refractivity contribution in [3.63, 3.8) is 0 Å². The zero-order chi connectivity index (χ0) is 15.9. The van der Waals surface area contributed by atoms with Gasteiger partial charge in [-0.15, -0.1) is 11.8 Å². The first-order chi connectivity index (χ1) is 10.6. The second-order valence-corrected chi connectivity index (χ2v) is 6.21. The Labute approximate surface area is 133 Å². The van der Waals surface area contributed by atoms with Crippen molar-refractivity contribution in [3.05, 3.63) is 76.3 Å². The van der Waals surface area contributed by atoms with Gasteiger partial charge in [0.15, 0.2) is 0 Å². The summed E-state index contributed by atoms with van der Waals surface area (Å²) in [5, 5.41) is 10.6. The molecule has 0 aliphatic rings. The first kappa shape index (κ1) is 16.2. The predicted molar refractivity (Wildman–Crippen MR) is 87.8 cm³/mol. The number of hydrogen-bond acceptors (Lipinski definition) is 4. The van der Waals surface area contributed by atoms with Gasteiger partial charge in [-0.25, -0.2) is 0 Å². The summed E-state index contributed by atoms with van der Waals surface area (Å²) in [7, 11) is 0. The van der Waals surface area contributed by atoms with Crippen LogP contribution in [-0.2, 0) is 4.79 Å². The van der Waals surface area contributed by atoms with Gasteiger partial charge in [-0.2, -0.15) is 0 Å². The van der Waals surface area contributed by atoms with Gasteiger partial charge in [0.1, 0.15) is 5.78 Å². The van der Waals surface area contributed by atoms with Crippen LogP contribution in [0.15, 0.2) is 65.6 Å². The van der Waals surface area contributed by atoms with E-state index >= 15 is 0 Å². The molecule has 0 saturated heterocycles. The number of nitrogens with zero attached hydrogens (tertiary/aromatic N) is 1. The van der Waals surface area contributed by atoms with Crippen molar-refractivity contribution < 1.29 is 9.72 Å². The fourth-order valence-electron chi connectivity index (χ4n) is 2.33. The summed E-state index contributed by atoms with van der Waals surface area (Å²) in [6.45, 7) is 1.24. The van der Waals surface area contributed by atoms with Crippen LogP contribution in [0.3, 0.4) is 0 Å². The van der Waals surface area contributed by atoms with Crippen LogP contribution < -0.4 is 0 Å². The van der Waals surface area contributed by atoms with E-state index in [4.69, 9.17) is 0 Å². The maximum atomic E-state index is 12.1. The minimum atomic E-state index is -0.477. The summed E-state index contributed by atoms with van der Waals surface area (Å²) in [6, 6.07) is 18.7. The van der Waals surface area contributed by atoms with Gasteiger partial charge >= 0.3 is 0 Å². The van der Waals surface area contributed by atoms with Crippen molar-refractivity contribution in [2.24, 2.45) is 0 Å². The maximum absolute atomic E-state index is 12.1. The number of hydrogen-bond donors (Lipinski definition) is 0. The Morgan fingerprint density at radius 3 is 2.14 bits per heavy atom. The molecule has 0 fully saturated rings. The molecule has 0 aliphatic carbocycles. The number of ketones is 1. The fourth-order valence-corrected chi connectivity index (χ4v) is 3.51. The lowest BCUT2D eigenvalue weighted by atomic mass is 9.93. The number of thioether (sulfide) groups is 1. The lowest BCUT2D eigenvalue weighted by molar-refractivity contribution is -0.483. The van der Waals surface area contributed by atoms with Gasteiger partial charge in [-0.3, -0.25) is 14.9 Å². The SMILES string of the molecule is CC(=O)[C@@H](Sc1ccccc1)[C@@H](C[N+](=O)[O-])c1ccccc1. The second-order valence-electron chi connectivity index (χ2n) is 4.99. The highest BCUT2D eigenvalue weighted by Crippen LogP contribution is 2.34. The monoisotopic (exact) mass is 315 g/mol. The summed E-state index contributed by atoms with van der Waals surface area (Å²) < 4.78 is 0. The average molecular weight is 315 g/mol. The number of rotatable bonds is 7. The van der Waals surface area contributed by atoms with Gasteiger partial charge in [-0.1, -0.05) is 48.5 Å². The molecule has 2 atom stereocenters. The van der Waals surface area contributed by atoms with E-state index in [1.165, 1.54) is 18.7 Å². The van der Waals surface area contributed by atoms with Crippen LogP contribution in [0.1, 0.15) is 18.4 Å². The minimum Gasteiger partial charge on any atom is -0.299 e. The summed E-state index contributed by atoms with van der Waals surface area (Å²) in [4.78, 5) is 23.7. The van der Waals surface area contributed by atoms with Crippen LogP contribution in [0.5, 0.6) is 0 Å². The third kappa shape index (κ3) is 4.43. The Kier molecular flexibility index (Phi) is 5.72. The third-order valence-electron chi connectivity index (χ3n) is 3.35. The molecule has 0 saturated carbocycles. The summed E-state index contributed by atoms with van der Waals surface area (Å²) >= 11 is 1.39. The molecule has 0 amide bonds. The van der Waals surface area contributed by atoms with Gasteiger partial charge in [-0.05, 0) is 24.6 Å². The van der Waals surface area contributed by atoms with Crippen LogP contribution in [0.2, 0.25) is 0 Å². The zero-order valence-corrected chi connectivity index (χ0v) is 13.0. The number of nitro groups is 1. The highest BCUT2D eigenvalue weighted by atomic mass is 32.2. The maximum Gasteiger partial charge on any atom is 0.212 e. The van der Waals surface area contributed by atoms with Gasteiger partial charge < -0.3 is 0 Å². The quantitative estimate of drug-likeness (QED) is 0.443. The molecule has 0 heterocycles. The largest absolute Gasteiger partial charge is 0.299 e. The molecule has 0 aromatic heterocycles. The number of carbonyl (C=O) groups excluding carboxylic acids is 1. The Morgan fingerprint density at radius 2 is 1.64 bits per heavy atom. The number of carbonyl (C=O) groups is 1. The van der Waals surface area contributed by atoms with Crippen molar-refractivity contribution in [1.82, 2.24) is 0 Å². The van der Waals surface area contributed by atoms with Gasteiger partial charge in [0.25, 0.3) is 0 Å². The van der Waals surface area contributed by atoms with E-state index in [2.05, 4.69) is 0 Å². The van der Waals surface area contributed by atoms with Gasteiger partial charge in [0.05, 0.1) is 11.2 Å². The van der Waals surface area contributed by atoms with Crippen LogP contribution >= 0.6 is 11.8 Å². The molecular weight excluding hydrogens is 298 g/mol. The normalized spacial score (nSPS) is 13.3. The van der Waals surface area contributed by atoms with Crippen LogP contribution in [-0.4, -0.2) is 22.5 Å². The molecule has 0 aliphatic heterocycles. The van der Waals surface area contributed by atoms with Crippen molar-refractivity contribution in [3.8, 4) is 0 Å². The first-order valence-electron chi connectivity index (χ1n) is 6.97. The molecular formula is C17H17NO3S. The fraction of sp³-hybridized carbons (Fsp3) is 0.235. The smallest absolute Gasteiger partial charge is 0.212 e. The molecule has 22 heavy (non-hydrogen) atoms. The van der Waals surface area contributed by atoms with Gasteiger partial charge in [0, 0.05) is 9.82 Å². The van der Waals surface area contributed by atoms with E-state index in [1.807, 2.05) is 60.7 Å². The lowest BCUT2D eigenvalue weighted by Crippen LogP contribution is -2.28. The molecule has 0 bridgehead atoms. The summed E-state index contributed by atoms with van der Waals surface area (Å²) in [6.07, 6.45) is 0. The molecule has 114 valence electrons. The summed E-state index contributed by atoms with van der Waals surface area (Å²) in [5.74, 6) is -0.497. The summed E-state index contributed by atoms with van der Waals surface area (Å²) in [5.41, 5.74) is 0.822.